The second kappa shape index (κ2) is 37.9. The number of aliphatic carboxylic acids is 1. The predicted molar refractivity (Wildman–Crippen MR) is 217 cm³/mol. The number of nitrogens with two attached hydrogens (primary N) is 1. The van der Waals surface area contributed by atoms with Crippen LogP contribution in [-0.2, 0) is 37.5 Å². The summed E-state index contributed by atoms with van der Waals surface area (Å²) in [6.45, 7) is 2.77. The maximum Gasteiger partial charge on any atom is 0.472 e. The van der Waals surface area contributed by atoms with Crippen LogP contribution in [0.1, 0.15) is 194 Å². The Bertz CT molecular complexity index is 1020. The van der Waals surface area contributed by atoms with Crippen LogP contribution in [0.25, 0.3) is 0 Å². The molecule has 3 unspecified atom stereocenters. The van der Waals surface area contributed by atoms with Crippen molar-refractivity contribution >= 4 is 25.7 Å². The highest BCUT2D eigenvalue weighted by molar-refractivity contribution is 7.47. The summed E-state index contributed by atoms with van der Waals surface area (Å²) in [5.41, 5.74) is 5.33. The van der Waals surface area contributed by atoms with E-state index in [4.69, 9.17) is 24.8 Å². The van der Waals surface area contributed by atoms with E-state index >= 15 is 0 Å². The van der Waals surface area contributed by atoms with Crippen molar-refractivity contribution in [3.05, 3.63) is 24.3 Å². The first-order valence-electron chi connectivity index (χ1n) is 21.4. The molecule has 0 fully saturated rings. The summed E-state index contributed by atoms with van der Waals surface area (Å²) in [5, 5.41) is 8.88. The number of hydrogen-bond donors (Lipinski definition) is 3. The fourth-order valence-electron chi connectivity index (χ4n) is 5.80. The van der Waals surface area contributed by atoms with Crippen LogP contribution in [0.5, 0.6) is 0 Å². The number of carbonyl (C=O) groups excluding carboxylic acids is 2. The molecule has 0 aromatic carbocycles. The summed E-state index contributed by atoms with van der Waals surface area (Å²) >= 11 is 0. The minimum atomic E-state index is -4.71. The molecule has 0 aliphatic carbocycles. The van der Waals surface area contributed by atoms with Gasteiger partial charge in [-0.1, -0.05) is 160 Å². The molecule has 0 heterocycles. The van der Waals surface area contributed by atoms with Crippen LogP contribution in [0.15, 0.2) is 24.3 Å². The molecule has 11 nitrogen and oxygen atoms in total. The molecule has 54 heavy (non-hydrogen) atoms. The molecule has 0 saturated carbocycles. The van der Waals surface area contributed by atoms with Gasteiger partial charge in [0.25, 0.3) is 0 Å². The van der Waals surface area contributed by atoms with E-state index in [0.717, 1.165) is 64.2 Å². The largest absolute Gasteiger partial charge is 0.480 e. The summed E-state index contributed by atoms with van der Waals surface area (Å²) in [6, 6.07) is -1.52. The van der Waals surface area contributed by atoms with Crippen molar-refractivity contribution in [2.24, 2.45) is 5.73 Å². The molecular weight excluding hydrogens is 709 g/mol. The predicted octanol–water partition coefficient (Wildman–Crippen LogP) is 11.1. The number of esters is 2. The van der Waals surface area contributed by atoms with Crippen molar-refractivity contribution in [3.8, 4) is 0 Å². The number of phosphoric ester groups is 1. The Hall–Kier alpha value is -2.04. The Labute approximate surface area is 328 Å². The molecule has 0 bridgehead atoms. The van der Waals surface area contributed by atoms with Gasteiger partial charge in [-0.3, -0.25) is 23.4 Å². The van der Waals surface area contributed by atoms with E-state index in [1.54, 1.807) is 0 Å². The molecule has 3 atom stereocenters. The van der Waals surface area contributed by atoms with Gasteiger partial charge in [0.1, 0.15) is 12.6 Å². The SMILES string of the molecule is CCCCC/C=C\C/C=C\CCCCCCCC(=O)OC(COC(=O)CCCCCCCCCCCCCCCCC)COP(=O)(O)OCC(N)C(=O)O. The Morgan fingerprint density at radius 1 is 0.574 bits per heavy atom. The fourth-order valence-corrected chi connectivity index (χ4v) is 6.58. The average molecular weight is 788 g/mol. The van der Waals surface area contributed by atoms with E-state index in [-0.39, 0.29) is 19.4 Å². The van der Waals surface area contributed by atoms with E-state index in [9.17, 15) is 23.8 Å². The molecular formula is C42H78NO10P. The van der Waals surface area contributed by atoms with E-state index in [1.165, 1.54) is 89.9 Å². The summed E-state index contributed by atoms with van der Waals surface area (Å²) in [7, 11) is -4.71. The van der Waals surface area contributed by atoms with Crippen LogP contribution < -0.4 is 5.73 Å². The number of hydrogen-bond acceptors (Lipinski definition) is 9. The van der Waals surface area contributed by atoms with Crippen LogP contribution in [0.3, 0.4) is 0 Å². The number of ether oxygens (including phenoxy) is 2. The van der Waals surface area contributed by atoms with Gasteiger partial charge < -0.3 is 25.2 Å². The third-order valence-electron chi connectivity index (χ3n) is 9.20. The average Bonchev–Trinajstić information content (AvgIpc) is 3.14. The molecule has 316 valence electrons. The second-order valence-corrected chi connectivity index (χ2v) is 15.9. The third kappa shape index (κ3) is 36.9. The third-order valence-corrected chi connectivity index (χ3v) is 10.2. The maximum atomic E-state index is 12.6. The van der Waals surface area contributed by atoms with Crippen LogP contribution in [0, 0.1) is 0 Å². The van der Waals surface area contributed by atoms with Gasteiger partial charge in [-0.2, -0.15) is 0 Å². The molecule has 0 aromatic heterocycles. The zero-order valence-corrected chi connectivity index (χ0v) is 35.0. The molecule has 0 aliphatic rings. The van der Waals surface area contributed by atoms with Crippen LogP contribution in [-0.4, -0.2) is 59.9 Å². The summed E-state index contributed by atoms with van der Waals surface area (Å²) in [6.07, 6.45) is 38.1. The van der Waals surface area contributed by atoms with Gasteiger partial charge in [0, 0.05) is 12.8 Å². The fraction of sp³-hybridized carbons (Fsp3) is 0.833. The summed E-state index contributed by atoms with van der Waals surface area (Å²) in [4.78, 5) is 45.9. The van der Waals surface area contributed by atoms with Crippen LogP contribution >= 0.6 is 7.82 Å². The van der Waals surface area contributed by atoms with Crippen molar-refractivity contribution in [1.29, 1.82) is 0 Å². The molecule has 0 amide bonds. The van der Waals surface area contributed by atoms with Crippen LogP contribution in [0.2, 0.25) is 0 Å². The van der Waals surface area contributed by atoms with Crippen molar-refractivity contribution in [2.75, 3.05) is 19.8 Å². The van der Waals surface area contributed by atoms with Gasteiger partial charge in [-0.05, 0) is 44.9 Å². The lowest BCUT2D eigenvalue weighted by molar-refractivity contribution is -0.161. The van der Waals surface area contributed by atoms with Gasteiger partial charge in [0.2, 0.25) is 0 Å². The smallest absolute Gasteiger partial charge is 0.472 e. The highest BCUT2D eigenvalue weighted by Gasteiger charge is 2.28. The lowest BCUT2D eigenvalue weighted by atomic mass is 10.0. The van der Waals surface area contributed by atoms with Gasteiger partial charge in [-0.25, -0.2) is 4.57 Å². The molecule has 0 aromatic rings. The first kappa shape index (κ1) is 52.0. The Morgan fingerprint density at radius 2 is 0.981 bits per heavy atom. The Morgan fingerprint density at radius 3 is 1.48 bits per heavy atom. The van der Waals surface area contributed by atoms with Gasteiger partial charge in [0.05, 0.1) is 13.2 Å². The minimum Gasteiger partial charge on any atom is -0.480 e. The first-order valence-corrected chi connectivity index (χ1v) is 22.9. The van der Waals surface area contributed by atoms with E-state index in [1.807, 2.05) is 0 Å². The van der Waals surface area contributed by atoms with E-state index in [0.29, 0.717) is 12.8 Å². The second-order valence-electron chi connectivity index (χ2n) is 14.5. The number of allylic oxidation sites excluding steroid dienone is 4. The molecule has 0 saturated heterocycles. The molecule has 4 N–H and O–H groups in total. The summed E-state index contributed by atoms with van der Waals surface area (Å²) < 4.78 is 32.7. The zero-order chi connectivity index (χ0) is 40.0. The number of rotatable bonds is 40. The first-order chi connectivity index (χ1) is 26.1. The topological polar surface area (TPSA) is 172 Å². The monoisotopic (exact) mass is 788 g/mol. The quantitative estimate of drug-likeness (QED) is 0.0233. The van der Waals surface area contributed by atoms with Crippen molar-refractivity contribution in [1.82, 2.24) is 0 Å². The standard InChI is InChI=1S/C42H78NO10P/c1-3-5-7-9-11-13-15-17-19-21-23-25-27-29-31-33-40(44)50-35-38(36-51-54(48,49)52-37-39(43)42(46)47)53-41(45)34-32-30-28-26-24-22-20-18-16-14-12-10-8-6-4-2/h12,14,18,20,38-39H,3-11,13,15-17,19,21-37,43H2,1-2H3,(H,46,47)(H,48,49)/b14-12-,20-18-. The van der Waals surface area contributed by atoms with E-state index < -0.39 is 51.1 Å². The van der Waals surface area contributed by atoms with Gasteiger partial charge >= 0.3 is 25.7 Å². The number of carboxylic acids is 1. The number of phosphoric acid groups is 1. The summed E-state index contributed by atoms with van der Waals surface area (Å²) in [5.74, 6) is -2.39. The zero-order valence-electron chi connectivity index (χ0n) is 34.1. The van der Waals surface area contributed by atoms with Crippen molar-refractivity contribution < 1.29 is 47.5 Å². The molecule has 0 rings (SSSR count). The highest BCUT2D eigenvalue weighted by Crippen LogP contribution is 2.43. The minimum absolute atomic E-state index is 0.148. The lowest BCUT2D eigenvalue weighted by Crippen LogP contribution is -2.34. The van der Waals surface area contributed by atoms with Gasteiger partial charge in [-0.15, -0.1) is 0 Å². The lowest BCUT2D eigenvalue weighted by Gasteiger charge is -2.20. The van der Waals surface area contributed by atoms with E-state index in [2.05, 4.69) is 42.7 Å². The van der Waals surface area contributed by atoms with Crippen LogP contribution in [0.4, 0.5) is 0 Å². The normalized spacial score (nSPS) is 14.0. The molecule has 0 radical (unpaired) electrons. The highest BCUT2D eigenvalue weighted by atomic mass is 31.2. The number of unbranched alkanes of at least 4 members (excludes halogenated alkanes) is 22. The Kier molecular flexibility index (Phi) is 36.4. The van der Waals surface area contributed by atoms with Crippen molar-refractivity contribution in [3.63, 3.8) is 0 Å². The van der Waals surface area contributed by atoms with Crippen molar-refractivity contribution in [2.45, 2.75) is 206 Å². The number of carbonyl (C=O) groups is 3. The Balaban J connectivity index is 4.38. The molecule has 0 aliphatic heterocycles. The number of carboxylic acid groups (broad SMARTS) is 1. The maximum absolute atomic E-state index is 12.6. The molecule has 12 heteroatoms. The van der Waals surface area contributed by atoms with Gasteiger partial charge in [0.15, 0.2) is 6.10 Å². The molecule has 0 spiro atoms.